The summed E-state index contributed by atoms with van der Waals surface area (Å²) in [6, 6.07) is 1.75. The fourth-order valence-corrected chi connectivity index (χ4v) is 4.77. The standard InChI is InChI=1S/C23H26ClF2N5O4/c1-9(2)31-13-6-10(5-12(25)17(13)28-21(31)23(3,4)33)16-11(24)7-27-22(29-16)30-18-15(26)14-8-34-20(35-14)19(18)32/h5-7,9,14-15,18-20,32-33H,8H2,1-4H3,(H,27,29,30)/t14-,15-,18?,19+,20-/m1/s1. The molecular formula is C23H26ClF2N5O4. The van der Waals surface area contributed by atoms with Gasteiger partial charge in [-0.1, -0.05) is 11.6 Å². The summed E-state index contributed by atoms with van der Waals surface area (Å²) >= 11 is 6.37. The molecule has 4 heterocycles. The second-order valence-corrected chi connectivity index (χ2v) is 10.1. The van der Waals surface area contributed by atoms with Crippen LogP contribution >= 0.6 is 11.6 Å². The molecule has 2 saturated heterocycles. The molecule has 0 radical (unpaired) electrons. The third-order valence-electron chi connectivity index (χ3n) is 6.20. The summed E-state index contributed by atoms with van der Waals surface area (Å²) in [7, 11) is 0. The van der Waals surface area contributed by atoms with Gasteiger partial charge in [0.15, 0.2) is 18.3 Å². The van der Waals surface area contributed by atoms with Crippen molar-refractivity contribution < 1.29 is 28.5 Å². The third kappa shape index (κ3) is 4.15. The molecule has 2 fully saturated rings. The molecule has 12 heteroatoms. The van der Waals surface area contributed by atoms with E-state index in [1.165, 1.54) is 12.3 Å². The summed E-state index contributed by atoms with van der Waals surface area (Å²) in [5, 5.41) is 24.0. The Bertz CT molecular complexity index is 1270. The summed E-state index contributed by atoms with van der Waals surface area (Å²) in [5.41, 5.74) is -0.154. The van der Waals surface area contributed by atoms with Crippen LogP contribution < -0.4 is 5.32 Å². The van der Waals surface area contributed by atoms with Crippen LogP contribution in [-0.4, -0.2) is 67.1 Å². The van der Waals surface area contributed by atoms with Crippen LogP contribution in [0.4, 0.5) is 14.7 Å². The van der Waals surface area contributed by atoms with Crippen LogP contribution in [0.5, 0.6) is 0 Å². The van der Waals surface area contributed by atoms with Crippen molar-refractivity contribution in [3.8, 4) is 11.3 Å². The van der Waals surface area contributed by atoms with Crippen LogP contribution in [0, 0.1) is 5.82 Å². The highest BCUT2D eigenvalue weighted by molar-refractivity contribution is 6.33. The zero-order valence-electron chi connectivity index (χ0n) is 19.5. The highest BCUT2D eigenvalue weighted by Gasteiger charge is 2.51. The van der Waals surface area contributed by atoms with Crippen molar-refractivity contribution in [1.82, 2.24) is 19.5 Å². The molecule has 1 aromatic carbocycles. The maximum atomic E-state index is 15.2. The number of fused-ring (bicyclic) bond motifs is 3. The molecule has 2 bridgehead atoms. The number of aromatic nitrogens is 4. The first-order valence-electron chi connectivity index (χ1n) is 11.3. The minimum absolute atomic E-state index is 0.00690. The van der Waals surface area contributed by atoms with Crippen molar-refractivity contribution in [2.45, 2.75) is 70.0 Å². The Hall–Kier alpha value is -2.44. The fraction of sp³-hybridized carbons (Fsp3) is 0.522. The number of nitrogens with one attached hydrogen (secondary N) is 1. The lowest BCUT2D eigenvalue weighted by molar-refractivity contribution is -0.175. The van der Waals surface area contributed by atoms with Gasteiger partial charge in [0.2, 0.25) is 5.95 Å². The number of alkyl halides is 1. The summed E-state index contributed by atoms with van der Waals surface area (Å²) in [6.45, 7) is 7.04. The van der Waals surface area contributed by atoms with Gasteiger partial charge in [-0.2, -0.15) is 0 Å². The number of ether oxygens (including phenoxy) is 2. The molecule has 0 spiro atoms. The quantitative estimate of drug-likeness (QED) is 0.480. The van der Waals surface area contributed by atoms with E-state index in [0.29, 0.717) is 16.9 Å². The lowest BCUT2D eigenvalue weighted by Crippen LogP contribution is -2.55. The molecular weight excluding hydrogens is 484 g/mol. The molecule has 188 valence electrons. The topological polar surface area (TPSA) is 115 Å². The molecule has 3 aromatic rings. The normalized spacial score (nSPS) is 26.6. The Morgan fingerprint density at radius 1 is 1.29 bits per heavy atom. The SMILES string of the molecule is CC(C)n1c(C(C)(C)O)nc2c(F)cc(-c3nc(NC4[C@H](O)[C@@H]5OC[C@@H](O5)[C@H]4F)ncc3Cl)cc21. The molecule has 1 unspecified atom stereocenters. The van der Waals surface area contributed by atoms with E-state index in [1.54, 1.807) is 24.5 Å². The van der Waals surface area contributed by atoms with Crippen molar-refractivity contribution >= 4 is 28.6 Å². The molecule has 2 aromatic heterocycles. The molecule has 5 atom stereocenters. The second-order valence-electron chi connectivity index (χ2n) is 9.66. The van der Waals surface area contributed by atoms with Crippen LogP contribution in [0.15, 0.2) is 18.3 Å². The van der Waals surface area contributed by atoms with E-state index < -0.39 is 42.1 Å². The number of hydrogen-bond donors (Lipinski definition) is 3. The van der Waals surface area contributed by atoms with Crippen molar-refractivity contribution in [2.24, 2.45) is 0 Å². The fourth-order valence-electron chi connectivity index (χ4n) is 4.57. The first-order valence-corrected chi connectivity index (χ1v) is 11.7. The van der Waals surface area contributed by atoms with E-state index in [4.69, 9.17) is 21.1 Å². The van der Waals surface area contributed by atoms with Gasteiger partial charge in [-0.05, 0) is 39.8 Å². The lowest BCUT2D eigenvalue weighted by atomic mass is 9.99. The average molecular weight is 510 g/mol. The van der Waals surface area contributed by atoms with Crippen LogP contribution in [0.25, 0.3) is 22.3 Å². The van der Waals surface area contributed by atoms with Crippen LogP contribution in [0.1, 0.15) is 39.6 Å². The maximum absolute atomic E-state index is 15.2. The van der Waals surface area contributed by atoms with Gasteiger partial charge in [0, 0.05) is 11.6 Å². The van der Waals surface area contributed by atoms with Gasteiger partial charge in [-0.25, -0.2) is 23.7 Å². The number of aliphatic hydroxyl groups is 2. The first kappa shape index (κ1) is 24.3. The molecule has 0 aliphatic carbocycles. The number of benzene rings is 1. The Balaban J connectivity index is 1.56. The van der Waals surface area contributed by atoms with E-state index in [-0.39, 0.29) is 34.8 Å². The monoisotopic (exact) mass is 509 g/mol. The number of hydrogen-bond acceptors (Lipinski definition) is 8. The number of anilines is 1. The summed E-state index contributed by atoms with van der Waals surface area (Å²) in [5.74, 6) is -0.273. The second kappa shape index (κ2) is 8.59. The maximum Gasteiger partial charge on any atom is 0.223 e. The first-order chi connectivity index (χ1) is 16.5. The molecule has 35 heavy (non-hydrogen) atoms. The number of aliphatic hydroxyl groups excluding tert-OH is 1. The number of halogens is 3. The number of imidazole rings is 1. The Morgan fingerprint density at radius 3 is 2.71 bits per heavy atom. The van der Waals surface area contributed by atoms with Gasteiger partial charge in [0.1, 0.15) is 29.2 Å². The van der Waals surface area contributed by atoms with Crippen LogP contribution in [0.3, 0.4) is 0 Å². The lowest BCUT2D eigenvalue weighted by Gasteiger charge is -2.34. The third-order valence-corrected chi connectivity index (χ3v) is 6.48. The van der Waals surface area contributed by atoms with Crippen LogP contribution in [0.2, 0.25) is 5.02 Å². The minimum Gasteiger partial charge on any atom is -0.386 e. The molecule has 2 aliphatic rings. The smallest absolute Gasteiger partial charge is 0.223 e. The van der Waals surface area contributed by atoms with Gasteiger partial charge in [-0.3, -0.25) is 0 Å². The summed E-state index contributed by atoms with van der Waals surface area (Å²) < 4.78 is 42.4. The predicted octanol–water partition coefficient (Wildman–Crippen LogP) is 3.33. The van der Waals surface area contributed by atoms with Gasteiger partial charge < -0.3 is 29.6 Å². The Labute approximate surface area is 205 Å². The highest BCUT2D eigenvalue weighted by atomic mass is 35.5. The minimum atomic E-state index is -1.55. The zero-order valence-corrected chi connectivity index (χ0v) is 20.3. The molecule has 3 N–H and O–H groups in total. The summed E-state index contributed by atoms with van der Waals surface area (Å²) in [6.07, 6.45) is -3.25. The molecule has 9 nitrogen and oxygen atoms in total. The van der Waals surface area contributed by atoms with E-state index in [1.807, 2.05) is 13.8 Å². The molecule has 0 amide bonds. The average Bonchev–Trinajstić information content (AvgIpc) is 3.40. The highest BCUT2D eigenvalue weighted by Crippen LogP contribution is 2.36. The van der Waals surface area contributed by atoms with Crippen molar-refractivity contribution in [3.05, 3.63) is 35.0 Å². The van der Waals surface area contributed by atoms with Gasteiger partial charge in [-0.15, -0.1) is 0 Å². The van der Waals surface area contributed by atoms with Crippen molar-refractivity contribution in [2.75, 3.05) is 11.9 Å². The van der Waals surface area contributed by atoms with Crippen LogP contribution in [-0.2, 0) is 15.1 Å². The largest absolute Gasteiger partial charge is 0.386 e. The van der Waals surface area contributed by atoms with Crippen molar-refractivity contribution in [3.63, 3.8) is 0 Å². The number of nitrogens with zero attached hydrogens (tertiary/aromatic N) is 4. The van der Waals surface area contributed by atoms with E-state index in [0.717, 1.165) is 0 Å². The summed E-state index contributed by atoms with van der Waals surface area (Å²) in [4.78, 5) is 12.9. The van der Waals surface area contributed by atoms with E-state index in [2.05, 4.69) is 20.3 Å². The molecule has 2 aliphatic heterocycles. The number of rotatable bonds is 5. The zero-order chi connectivity index (χ0) is 25.2. The van der Waals surface area contributed by atoms with Gasteiger partial charge in [0.05, 0.1) is 35.1 Å². The molecule has 5 rings (SSSR count). The Morgan fingerprint density at radius 2 is 2.03 bits per heavy atom. The Kier molecular flexibility index (Phi) is 5.96. The molecule has 0 saturated carbocycles. The van der Waals surface area contributed by atoms with Gasteiger partial charge in [0.25, 0.3) is 0 Å². The van der Waals surface area contributed by atoms with E-state index in [9.17, 15) is 14.6 Å². The van der Waals surface area contributed by atoms with Gasteiger partial charge >= 0.3 is 0 Å². The van der Waals surface area contributed by atoms with E-state index >= 15 is 4.39 Å². The van der Waals surface area contributed by atoms with Crippen molar-refractivity contribution in [1.29, 1.82) is 0 Å². The predicted molar refractivity (Wildman–Crippen MR) is 124 cm³/mol.